The average Bonchev–Trinajstić information content (AvgIpc) is 2.92. The molecule has 4 heterocycles. The molecule has 2 aromatic rings. The van der Waals surface area contributed by atoms with Gasteiger partial charge in [-0.2, -0.15) is 0 Å². The van der Waals surface area contributed by atoms with Gasteiger partial charge in [-0.1, -0.05) is 24.3 Å². The molecule has 3 aliphatic rings. The summed E-state index contributed by atoms with van der Waals surface area (Å²) in [4.78, 5) is 24.5. The molecule has 188 valence electrons. The van der Waals surface area contributed by atoms with E-state index < -0.39 is 11.7 Å². The van der Waals surface area contributed by atoms with E-state index in [0.717, 1.165) is 51.5 Å². The molecule has 1 N–H and O–H groups in total. The first-order valence-electron chi connectivity index (χ1n) is 12.6. The summed E-state index contributed by atoms with van der Waals surface area (Å²) >= 11 is 0. The number of ether oxygens (including phenoxy) is 2. The number of pyridine rings is 1. The van der Waals surface area contributed by atoms with E-state index in [2.05, 4.69) is 34.1 Å². The number of rotatable bonds is 6. The van der Waals surface area contributed by atoms with Crippen LogP contribution in [0.2, 0.25) is 0 Å². The molecule has 1 amide bonds. The number of aliphatic hydroxyl groups excluding tert-OH is 1. The van der Waals surface area contributed by atoms with E-state index in [4.69, 9.17) is 14.5 Å². The Labute approximate surface area is 207 Å². The molecule has 0 unspecified atom stereocenters. The number of fused-ring (bicyclic) bond motifs is 2. The molecular formula is C27H36N4O4. The molecule has 3 aliphatic heterocycles. The van der Waals surface area contributed by atoms with Gasteiger partial charge in [0.05, 0.1) is 31.6 Å². The molecule has 0 spiro atoms. The Balaban J connectivity index is 1.26. The van der Waals surface area contributed by atoms with Gasteiger partial charge in [-0.3, -0.25) is 14.6 Å². The molecule has 1 aromatic heterocycles. The number of carbonyl (C=O) groups is 1. The predicted molar refractivity (Wildman–Crippen MR) is 132 cm³/mol. The van der Waals surface area contributed by atoms with Crippen LogP contribution in [-0.4, -0.2) is 94.9 Å². The maximum absolute atomic E-state index is 13.5. The number of benzene rings is 1. The van der Waals surface area contributed by atoms with E-state index in [1.54, 1.807) is 4.90 Å². The Morgan fingerprint density at radius 2 is 1.80 bits per heavy atom. The fourth-order valence-electron chi connectivity index (χ4n) is 5.26. The minimum Gasteiger partial charge on any atom is -0.469 e. The van der Waals surface area contributed by atoms with Gasteiger partial charge in [-0.25, -0.2) is 4.98 Å². The number of aromatic nitrogens is 1. The summed E-state index contributed by atoms with van der Waals surface area (Å²) in [6.07, 6.45) is 0.341. The topological polar surface area (TPSA) is 78.4 Å². The predicted octanol–water partition coefficient (Wildman–Crippen LogP) is 1.95. The molecule has 8 nitrogen and oxygen atoms in total. The number of aliphatic hydroxyl groups is 1. The van der Waals surface area contributed by atoms with Crippen molar-refractivity contribution in [3.63, 3.8) is 0 Å². The van der Waals surface area contributed by atoms with Crippen molar-refractivity contribution < 1.29 is 19.4 Å². The Hall–Kier alpha value is -2.52. The number of hydrogen-bond donors (Lipinski definition) is 1. The highest BCUT2D eigenvalue weighted by Gasteiger charge is 2.36. The Morgan fingerprint density at radius 1 is 1.03 bits per heavy atom. The molecule has 1 aromatic carbocycles. The van der Waals surface area contributed by atoms with Gasteiger partial charge in [-0.05, 0) is 43.5 Å². The lowest BCUT2D eigenvalue weighted by Crippen LogP contribution is -2.48. The summed E-state index contributed by atoms with van der Waals surface area (Å²) < 4.78 is 11.7. The van der Waals surface area contributed by atoms with Crippen LogP contribution in [-0.2, 0) is 24.2 Å². The molecule has 35 heavy (non-hydrogen) atoms. The summed E-state index contributed by atoms with van der Waals surface area (Å²) in [7, 11) is 0. The van der Waals surface area contributed by atoms with Crippen LogP contribution in [0.25, 0.3) is 0 Å². The van der Waals surface area contributed by atoms with Crippen molar-refractivity contribution in [3.05, 3.63) is 58.8 Å². The summed E-state index contributed by atoms with van der Waals surface area (Å²) in [5, 5.41) is 10.9. The molecule has 8 heteroatoms. The van der Waals surface area contributed by atoms with Crippen LogP contribution in [0.15, 0.2) is 36.4 Å². The van der Waals surface area contributed by atoms with Gasteiger partial charge in [0.15, 0.2) is 0 Å². The quantitative estimate of drug-likeness (QED) is 0.677. The van der Waals surface area contributed by atoms with Gasteiger partial charge in [-0.15, -0.1) is 0 Å². The third-order valence-electron chi connectivity index (χ3n) is 6.98. The zero-order chi connectivity index (χ0) is 24.4. The first kappa shape index (κ1) is 24.2. The van der Waals surface area contributed by atoms with Crippen LogP contribution in [0.4, 0.5) is 0 Å². The Morgan fingerprint density at radius 3 is 2.60 bits per heavy atom. The largest absolute Gasteiger partial charge is 0.469 e. The third kappa shape index (κ3) is 5.83. The fraction of sp³-hybridized carbons (Fsp3) is 0.556. The Kier molecular flexibility index (Phi) is 7.07. The monoisotopic (exact) mass is 480 g/mol. The maximum atomic E-state index is 13.5. The lowest BCUT2D eigenvalue weighted by Gasteiger charge is -2.33. The fourth-order valence-corrected chi connectivity index (χ4v) is 5.26. The van der Waals surface area contributed by atoms with Gasteiger partial charge in [0, 0.05) is 45.8 Å². The van der Waals surface area contributed by atoms with Crippen LogP contribution in [0.3, 0.4) is 0 Å². The minimum absolute atomic E-state index is 0.140. The highest BCUT2D eigenvalue weighted by molar-refractivity contribution is 5.96. The smallest absolute Gasteiger partial charge is 0.259 e. The molecule has 1 atom stereocenters. The maximum Gasteiger partial charge on any atom is 0.259 e. The van der Waals surface area contributed by atoms with Crippen LogP contribution in [0.1, 0.15) is 41.0 Å². The number of β-amino-alcohol motifs (C(OH)–C–C–N with tert-alkyl or cyclic N) is 1. The second-order valence-corrected chi connectivity index (χ2v) is 10.5. The van der Waals surface area contributed by atoms with E-state index in [0.29, 0.717) is 31.1 Å². The molecular weight excluding hydrogens is 444 g/mol. The molecule has 5 rings (SSSR count). The molecule has 1 fully saturated rings. The van der Waals surface area contributed by atoms with Crippen molar-refractivity contribution in [2.24, 2.45) is 0 Å². The van der Waals surface area contributed by atoms with Crippen molar-refractivity contribution in [3.8, 4) is 5.88 Å². The summed E-state index contributed by atoms with van der Waals surface area (Å²) in [6, 6.07) is 12.2. The zero-order valence-electron chi connectivity index (χ0n) is 20.8. The van der Waals surface area contributed by atoms with Crippen molar-refractivity contribution in [1.82, 2.24) is 19.7 Å². The molecule has 0 radical (unpaired) electrons. The van der Waals surface area contributed by atoms with Gasteiger partial charge in [0.2, 0.25) is 5.88 Å². The van der Waals surface area contributed by atoms with Crippen molar-refractivity contribution >= 4 is 5.91 Å². The van der Waals surface area contributed by atoms with Crippen molar-refractivity contribution in [2.45, 2.75) is 45.1 Å². The number of hydrogen-bond acceptors (Lipinski definition) is 7. The van der Waals surface area contributed by atoms with Crippen molar-refractivity contribution in [2.75, 3.05) is 52.5 Å². The van der Waals surface area contributed by atoms with Gasteiger partial charge in [0.25, 0.3) is 5.91 Å². The van der Waals surface area contributed by atoms with E-state index >= 15 is 0 Å². The van der Waals surface area contributed by atoms with Gasteiger partial charge < -0.3 is 19.5 Å². The Bertz CT molecular complexity index is 1050. The van der Waals surface area contributed by atoms with Gasteiger partial charge >= 0.3 is 0 Å². The zero-order valence-corrected chi connectivity index (χ0v) is 20.8. The summed E-state index contributed by atoms with van der Waals surface area (Å²) in [5.41, 5.74) is 3.43. The number of nitrogens with zero attached hydrogens (tertiary/aromatic N) is 4. The van der Waals surface area contributed by atoms with E-state index in [1.807, 2.05) is 26.0 Å². The second kappa shape index (κ2) is 10.2. The molecule has 1 saturated heterocycles. The molecule has 0 bridgehead atoms. The number of morpholine rings is 1. The van der Waals surface area contributed by atoms with Crippen LogP contribution < -0.4 is 4.74 Å². The standard InChI is InChI=1S/C27H36N4O4/c1-27(2)19-31(18-23(32)17-30-10-9-20-5-3-4-6-21(20)15-30)26(33)24-8-7-22(28-25(24)35-27)16-29-11-13-34-14-12-29/h3-8,23,32H,9-19H2,1-2H3/t23-/m1/s1. The highest BCUT2D eigenvalue weighted by Crippen LogP contribution is 2.29. The third-order valence-corrected chi connectivity index (χ3v) is 6.98. The molecule has 0 aliphatic carbocycles. The first-order chi connectivity index (χ1) is 16.9. The lowest BCUT2D eigenvalue weighted by atomic mass is 9.99. The van der Waals surface area contributed by atoms with Crippen LogP contribution >= 0.6 is 0 Å². The number of carbonyl (C=O) groups excluding carboxylic acids is 1. The van der Waals surface area contributed by atoms with E-state index in [9.17, 15) is 9.90 Å². The summed E-state index contributed by atoms with van der Waals surface area (Å²) in [6.45, 7) is 10.8. The van der Waals surface area contributed by atoms with Crippen LogP contribution in [0.5, 0.6) is 5.88 Å². The van der Waals surface area contributed by atoms with Crippen LogP contribution in [0, 0.1) is 0 Å². The average molecular weight is 481 g/mol. The minimum atomic E-state index is -0.643. The first-order valence-corrected chi connectivity index (χ1v) is 12.6. The highest BCUT2D eigenvalue weighted by atomic mass is 16.5. The van der Waals surface area contributed by atoms with E-state index in [-0.39, 0.29) is 12.5 Å². The SMILES string of the molecule is CC1(C)CN(C[C@H](O)CN2CCc3ccccc3C2)C(=O)c2ccc(CN3CCOCC3)nc2O1. The second-order valence-electron chi connectivity index (χ2n) is 10.5. The molecule has 0 saturated carbocycles. The lowest BCUT2D eigenvalue weighted by molar-refractivity contribution is 0.0272. The number of amides is 1. The van der Waals surface area contributed by atoms with Gasteiger partial charge in [0.1, 0.15) is 11.2 Å². The normalized spacial score (nSPS) is 21.6. The van der Waals surface area contributed by atoms with E-state index in [1.165, 1.54) is 11.1 Å². The van der Waals surface area contributed by atoms with Crippen molar-refractivity contribution in [1.29, 1.82) is 0 Å². The summed E-state index contributed by atoms with van der Waals surface area (Å²) in [5.74, 6) is 0.245.